The summed E-state index contributed by atoms with van der Waals surface area (Å²) >= 11 is 1.98. The summed E-state index contributed by atoms with van der Waals surface area (Å²) in [5, 5.41) is 0. The SMILES string of the molecule is C=CCCCCCCCCCSc1ccccc1. The monoisotopic (exact) mass is 262 g/mol. The molecule has 1 aromatic rings. The van der Waals surface area contributed by atoms with Crippen molar-refractivity contribution in [1.82, 2.24) is 0 Å². The highest BCUT2D eigenvalue weighted by Gasteiger charge is 1.94. The van der Waals surface area contributed by atoms with Gasteiger partial charge in [0, 0.05) is 4.90 Å². The topological polar surface area (TPSA) is 0 Å². The quantitative estimate of drug-likeness (QED) is 0.264. The molecule has 18 heavy (non-hydrogen) atoms. The number of allylic oxidation sites excluding steroid dienone is 1. The molecule has 0 nitrogen and oxygen atoms in total. The van der Waals surface area contributed by atoms with Gasteiger partial charge in [0.15, 0.2) is 0 Å². The van der Waals surface area contributed by atoms with Crippen LogP contribution in [-0.4, -0.2) is 5.75 Å². The lowest BCUT2D eigenvalue weighted by Gasteiger charge is -2.02. The minimum atomic E-state index is 1.19. The van der Waals surface area contributed by atoms with Gasteiger partial charge in [0.25, 0.3) is 0 Å². The van der Waals surface area contributed by atoms with Crippen molar-refractivity contribution in [2.75, 3.05) is 5.75 Å². The van der Waals surface area contributed by atoms with Crippen LogP contribution in [0.4, 0.5) is 0 Å². The van der Waals surface area contributed by atoms with E-state index in [1.165, 1.54) is 62.0 Å². The van der Waals surface area contributed by atoms with Crippen LogP contribution in [0.1, 0.15) is 51.4 Å². The molecule has 0 fully saturated rings. The van der Waals surface area contributed by atoms with Crippen LogP contribution in [-0.2, 0) is 0 Å². The van der Waals surface area contributed by atoms with E-state index >= 15 is 0 Å². The molecule has 0 aromatic heterocycles. The number of hydrogen-bond donors (Lipinski definition) is 0. The lowest BCUT2D eigenvalue weighted by Crippen LogP contribution is -1.83. The summed E-state index contributed by atoms with van der Waals surface area (Å²) in [7, 11) is 0. The van der Waals surface area contributed by atoms with E-state index in [0.29, 0.717) is 0 Å². The number of hydrogen-bond acceptors (Lipinski definition) is 1. The smallest absolute Gasteiger partial charge is 0.00719 e. The Balaban J connectivity index is 1.83. The Hall–Kier alpha value is -0.690. The Morgan fingerprint density at radius 1 is 0.833 bits per heavy atom. The largest absolute Gasteiger partial charge is 0.126 e. The van der Waals surface area contributed by atoms with Gasteiger partial charge in [0.1, 0.15) is 0 Å². The molecule has 0 N–H and O–H groups in total. The zero-order valence-corrected chi connectivity index (χ0v) is 12.3. The first kappa shape index (κ1) is 15.4. The molecule has 0 aliphatic rings. The maximum atomic E-state index is 3.75. The second kappa shape index (κ2) is 11.4. The number of rotatable bonds is 11. The van der Waals surface area contributed by atoms with Crippen molar-refractivity contribution in [3.63, 3.8) is 0 Å². The first-order chi connectivity index (χ1) is 8.93. The summed E-state index contributed by atoms with van der Waals surface area (Å²) in [5.74, 6) is 1.26. The molecule has 0 saturated heterocycles. The minimum Gasteiger partial charge on any atom is -0.126 e. The van der Waals surface area contributed by atoms with Crippen LogP contribution in [0.2, 0.25) is 0 Å². The van der Waals surface area contributed by atoms with E-state index in [-0.39, 0.29) is 0 Å². The van der Waals surface area contributed by atoms with Gasteiger partial charge in [-0.25, -0.2) is 0 Å². The van der Waals surface area contributed by atoms with E-state index in [4.69, 9.17) is 0 Å². The van der Waals surface area contributed by atoms with Gasteiger partial charge in [-0.3, -0.25) is 0 Å². The van der Waals surface area contributed by atoms with Crippen molar-refractivity contribution in [1.29, 1.82) is 0 Å². The predicted octanol–water partition coefficient (Wildman–Crippen LogP) is 6.09. The lowest BCUT2D eigenvalue weighted by molar-refractivity contribution is 0.593. The molecule has 0 radical (unpaired) electrons. The fraction of sp³-hybridized carbons (Fsp3) is 0.529. The molecular weight excluding hydrogens is 236 g/mol. The Morgan fingerprint density at radius 3 is 2.11 bits per heavy atom. The average Bonchev–Trinajstić information content (AvgIpc) is 2.42. The van der Waals surface area contributed by atoms with Crippen molar-refractivity contribution >= 4 is 11.8 Å². The Kier molecular flexibility index (Phi) is 9.74. The highest BCUT2D eigenvalue weighted by Crippen LogP contribution is 2.19. The van der Waals surface area contributed by atoms with Crippen molar-refractivity contribution in [2.45, 2.75) is 56.3 Å². The molecule has 0 bridgehead atoms. The van der Waals surface area contributed by atoms with E-state index in [1.807, 2.05) is 17.8 Å². The molecule has 1 heteroatoms. The van der Waals surface area contributed by atoms with Gasteiger partial charge >= 0.3 is 0 Å². The number of benzene rings is 1. The molecular formula is C17H26S. The molecule has 0 heterocycles. The van der Waals surface area contributed by atoms with Crippen LogP contribution in [0.25, 0.3) is 0 Å². The van der Waals surface area contributed by atoms with Crippen LogP contribution in [0, 0.1) is 0 Å². The summed E-state index contributed by atoms with van der Waals surface area (Å²) in [6.45, 7) is 3.75. The van der Waals surface area contributed by atoms with Gasteiger partial charge in [-0.15, -0.1) is 18.3 Å². The van der Waals surface area contributed by atoms with Crippen molar-refractivity contribution < 1.29 is 0 Å². The molecule has 0 unspecified atom stereocenters. The third-order valence-corrected chi connectivity index (χ3v) is 4.16. The highest BCUT2D eigenvalue weighted by atomic mass is 32.2. The summed E-state index contributed by atoms with van der Waals surface area (Å²) < 4.78 is 0. The minimum absolute atomic E-state index is 1.19. The summed E-state index contributed by atoms with van der Waals surface area (Å²) in [4.78, 5) is 1.40. The van der Waals surface area contributed by atoms with Crippen LogP contribution >= 0.6 is 11.8 Å². The first-order valence-electron chi connectivity index (χ1n) is 7.22. The molecule has 0 atom stereocenters. The third kappa shape index (κ3) is 8.41. The fourth-order valence-corrected chi connectivity index (χ4v) is 2.92. The second-order valence-corrected chi connectivity index (χ2v) is 5.88. The molecule has 100 valence electrons. The van der Waals surface area contributed by atoms with Gasteiger partial charge in [0.2, 0.25) is 0 Å². The fourth-order valence-electron chi connectivity index (χ4n) is 1.98. The maximum Gasteiger partial charge on any atom is 0.00719 e. The first-order valence-corrected chi connectivity index (χ1v) is 8.21. The van der Waals surface area contributed by atoms with Gasteiger partial charge in [-0.1, -0.05) is 56.4 Å². The van der Waals surface area contributed by atoms with Crippen LogP contribution in [0.3, 0.4) is 0 Å². The Labute approximate surface area is 117 Å². The molecule has 0 spiro atoms. The van der Waals surface area contributed by atoms with E-state index in [0.717, 1.165) is 0 Å². The molecule has 0 amide bonds. The normalized spacial score (nSPS) is 10.4. The second-order valence-electron chi connectivity index (χ2n) is 4.71. The van der Waals surface area contributed by atoms with Gasteiger partial charge < -0.3 is 0 Å². The zero-order valence-electron chi connectivity index (χ0n) is 11.4. The number of unbranched alkanes of at least 4 members (excludes halogenated alkanes) is 7. The summed E-state index contributed by atoms with van der Waals surface area (Å²) in [6, 6.07) is 10.7. The molecule has 0 saturated carbocycles. The molecule has 0 aliphatic heterocycles. The van der Waals surface area contributed by atoms with Gasteiger partial charge in [0.05, 0.1) is 0 Å². The average molecular weight is 262 g/mol. The standard InChI is InChI=1S/C17H26S/c1-2-3-4-5-6-7-8-9-13-16-18-17-14-11-10-12-15-17/h2,10-12,14-15H,1,3-9,13,16H2. The van der Waals surface area contributed by atoms with E-state index < -0.39 is 0 Å². The summed E-state index contributed by atoms with van der Waals surface area (Å²) in [6.07, 6.45) is 12.9. The van der Waals surface area contributed by atoms with Crippen LogP contribution in [0.15, 0.2) is 47.9 Å². The van der Waals surface area contributed by atoms with Gasteiger partial charge in [-0.2, -0.15) is 0 Å². The maximum absolute atomic E-state index is 3.75. The van der Waals surface area contributed by atoms with Crippen LogP contribution in [0.5, 0.6) is 0 Å². The van der Waals surface area contributed by atoms with E-state index in [1.54, 1.807) is 0 Å². The van der Waals surface area contributed by atoms with Crippen molar-refractivity contribution in [2.24, 2.45) is 0 Å². The Bertz CT molecular complexity index is 292. The third-order valence-electron chi connectivity index (χ3n) is 3.06. The van der Waals surface area contributed by atoms with E-state index in [9.17, 15) is 0 Å². The zero-order chi connectivity index (χ0) is 12.9. The Morgan fingerprint density at radius 2 is 1.44 bits per heavy atom. The highest BCUT2D eigenvalue weighted by molar-refractivity contribution is 7.99. The van der Waals surface area contributed by atoms with Crippen LogP contribution < -0.4 is 0 Å². The van der Waals surface area contributed by atoms with E-state index in [2.05, 4.69) is 36.9 Å². The summed E-state index contributed by atoms with van der Waals surface area (Å²) in [5.41, 5.74) is 0. The predicted molar refractivity (Wildman–Crippen MR) is 84.3 cm³/mol. The molecule has 0 aliphatic carbocycles. The van der Waals surface area contributed by atoms with Crippen molar-refractivity contribution in [3.05, 3.63) is 43.0 Å². The lowest BCUT2D eigenvalue weighted by atomic mass is 10.1. The van der Waals surface area contributed by atoms with Gasteiger partial charge in [-0.05, 0) is 37.1 Å². The van der Waals surface area contributed by atoms with Crippen molar-refractivity contribution in [3.8, 4) is 0 Å². The number of thioether (sulfide) groups is 1. The molecule has 1 rings (SSSR count). The molecule has 1 aromatic carbocycles.